The van der Waals surface area contributed by atoms with Gasteiger partial charge < -0.3 is 5.32 Å². The van der Waals surface area contributed by atoms with E-state index < -0.39 is 0 Å². The minimum atomic E-state index is -0.216. The van der Waals surface area contributed by atoms with Crippen LogP contribution in [0.25, 0.3) is 93.3 Å². The Balaban J connectivity index is 1.19. The highest BCUT2D eigenvalue weighted by Crippen LogP contribution is 2.54. The van der Waals surface area contributed by atoms with E-state index in [1.54, 1.807) is 0 Å². The average molecular weight is 703 g/mol. The maximum Gasteiger partial charge on any atom is 0.0861 e. The van der Waals surface area contributed by atoms with Crippen molar-refractivity contribution in [2.45, 2.75) is 19.3 Å². The van der Waals surface area contributed by atoms with Gasteiger partial charge in [-0.1, -0.05) is 153 Å². The Morgan fingerprint density at radius 3 is 1.69 bits per heavy atom. The van der Waals surface area contributed by atoms with E-state index >= 15 is 0 Å². The summed E-state index contributed by atoms with van der Waals surface area (Å²) in [4.78, 5) is 4.87. The molecule has 0 radical (unpaired) electrons. The molecule has 0 spiro atoms. The highest BCUT2D eigenvalue weighted by molar-refractivity contribution is 6.26. The molecule has 0 bridgehead atoms. The Morgan fingerprint density at radius 1 is 0.491 bits per heavy atom. The van der Waals surface area contributed by atoms with Gasteiger partial charge >= 0.3 is 0 Å². The van der Waals surface area contributed by atoms with E-state index in [-0.39, 0.29) is 5.41 Å². The summed E-state index contributed by atoms with van der Waals surface area (Å²) in [6.45, 7) is 5.62. The smallest absolute Gasteiger partial charge is 0.0861 e. The van der Waals surface area contributed by atoms with Gasteiger partial charge in [-0.3, -0.25) is 4.98 Å². The number of nitrogens with zero attached hydrogens (tertiary/aromatic N) is 1. The van der Waals surface area contributed by atoms with Gasteiger partial charge in [0.1, 0.15) is 0 Å². The summed E-state index contributed by atoms with van der Waals surface area (Å²) in [5, 5.41) is 13.6. The number of aromatic nitrogens is 1. The fourth-order valence-corrected chi connectivity index (χ4v) is 9.41. The van der Waals surface area contributed by atoms with Crippen molar-refractivity contribution in [3.05, 3.63) is 193 Å². The van der Waals surface area contributed by atoms with Crippen molar-refractivity contribution in [1.29, 1.82) is 0 Å². The topological polar surface area (TPSA) is 24.9 Å². The first-order valence-corrected chi connectivity index (χ1v) is 19.3. The molecule has 0 fully saturated rings. The molecule has 0 saturated carbocycles. The molecule has 11 rings (SSSR count). The van der Waals surface area contributed by atoms with E-state index in [2.05, 4.69) is 189 Å². The molecule has 0 unspecified atom stereocenters. The van der Waals surface area contributed by atoms with Gasteiger partial charge in [-0.2, -0.15) is 0 Å². The monoisotopic (exact) mass is 702 g/mol. The maximum atomic E-state index is 4.87. The lowest BCUT2D eigenvalue weighted by atomic mass is 9.78. The van der Waals surface area contributed by atoms with Gasteiger partial charge in [0.15, 0.2) is 0 Å². The standard InChI is InChI=1S/C53H38N2/c1-53(2)47-29-35(36-25-27-50(55-32-36)49-23-9-10-28-54-49)24-26-39(47)44-30-45-46(31-48(44)53)52(41-22-12-16-34-14-4-6-18-38(34)41)43-20-8-7-19-42(43)51(45)40-21-11-15-33-13-3-5-17-37(33)40/h3-27,29-32,54H,28H2,1-2H3. The van der Waals surface area contributed by atoms with E-state index in [4.69, 9.17) is 4.98 Å². The van der Waals surface area contributed by atoms with Crippen LogP contribution in [0.15, 0.2) is 176 Å². The molecule has 8 aromatic carbocycles. The highest BCUT2D eigenvalue weighted by atomic mass is 14.9. The molecule has 0 atom stereocenters. The lowest BCUT2D eigenvalue weighted by molar-refractivity contribution is 0.661. The van der Waals surface area contributed by atoms with Crippen molar-refractivity contribution in [3.8, 4) is 44.5 Å². The number of allylic oxidation sites excluding steroid dienone is 2. The van der Waals surface area contributed by atoms with Gasteiger partial charge in [-0.25, -0.2) is 0 Å². The second kappa shape index (κ2) is 12.1. The molecule has 0 saturated heterocycles. The van der Waals surface area contributed by atoms with Crippen LogP contribution in [0.2, 0.25) is 0 Å². The number of fused-ring (bicyclic) bond motifs is 7. The van der Waals surface area contributed by atoms with Gasteiger partial charge in [0.2, 0.25) is 0 Å². The van der Waals surface area contributed by atoms with E-state index in [0.717, 1.165) is 23.5 Å². The zero-order chi connectivity index (χ0) is 36.7. The van der Waals surface area contributed by atoms with Crippen molar-refractivity contribution < 1.29 is 0 Å². The number of dihydropyridines is 1. The fourth-order valence-electron chi connectivity index (χ4n) is 9.41. The molecule has 1 N–H and O–H groups in total. The number of pyridine rings is 1. The lowest BCUT2D eigenvalue weighted by Crippen LogP contribution is -2.15. The van der Waals surface area contributed by atoms with E-state index in [1.807, 2.05) is 6.20 Å². The number of hydrogen-bond acceptors (Lipinski definition) is 2. The Kier molecular flexibility index (Phi) is 7.00. The van der Waals surface area contributed by atoms with Crippen molar-refractivity contribution in [1.82, 2.24) is 10.3 Å². The number of rotatable bonds is 4. The normalized spacial score (nSPS) is 14.3. The summed E-state index contributed by atoms with van der Waals surface area (Å²) in [7, 11) is 0. The van der Waals surface area contributed by atoms with Crippen molar-refractivity contribution in [2.24, 2.45) is 0 Å². The molecule has 2 heteroatoms. The Labute approximate surface area is 321 Å². The zero-order valence-corrected chi connectivity index (χ0v) is 30.9. The second-order valence-corrected chi connectivity index (χ2v) is 15.5. The van der Waals surface area contributed by atoms with Crippen LogP contribution in [0.5, 0.6) is 0 Å². The molecule has 55 heavy (non-hydrogen) atoms. The van der Waals surface area contributed by atoms with Crippen LogP contribution in [-0.4, -0.2) is 11.5 Å². The SMILES string of the molecule is CC1(C)c2cc(-c3ccc(C4=CC=CCN4)nc3)ccc2-c2cc3c(-c4cccc5ccccc45)c4ccccc4c(-c4cccc5ccccc45)c3cc21. The summed E-state index contributed by atoms with van der Waals surface area (Å²) in [5.74, 6) is 0. The van der Waals surface area contributed by atoms with E-state index in [9.17, 15) is 0 Å². The second-order valence-electron chi connectivity index (χ2n) is 15.5. The molecule has 260 valence electrons. The van der Waals surface area contributed by atoms with E-state index in [0.29, 0.717) is 0 Å². The Hall–Kier alpha value is -6.77. The fraction of sp³-hybridized carbons (Fsp3) is 0.0755. The van der Waals surface area contributed by atoms with Gasteiger partial charge in [0.25, 0.3) is 0 Å². The summed E-state index contributed by atoms with van der Waals surface area (Å²) >= 11 is 0. The molecule has 1 aliphatic heterocycles. The zero-order valence-electron chi connectivity index (χ0n) is 30.9. The Bertz CT molecular complexity index is 3100. The van der Waals surface area contributed by atoms with Crippen LogP contribution in [0, 0.1) is 0 Å². The molecule has 1 aliphatic carbocycles. The van der Waals surface area contributed by atoms with E-state index in [1.165, 1.54) is 93.2 Å². The minimum Gasteiger partial charge on any atom is -0.380 e. The molecule has 2 aliphatic rings. The third-order valence-electron chi connectivity index (χ3n) is 12.1. The molecule has 1 aromatic heterocycles. The number of benzene rings is 8. The largest absolute Gasteiger partial charge is 0.380 e. The van der Waals surface area contributed by atoms with Crippen molar-refractivity contribution >= 4 is 48.8 Å². The molecule has 2 heterocycles. The average Bonchev–Trinajstić information content (AvgIpc) is 3.46. The van der Waals surface area contributed by atoms with Gasteiger partial charge in [-0.15, -0.1) is 0 Å². The minimum absolute atomic E-state index is 0.216. The third-order valence-corrected chi connectivity index (χ3v) is 12.1. The Morgan fingerprint density at radius 2 is 1.07 bits per heavy atom. The summed E-state index contributed by atoms with van der Waals surface area (Å²) in [6.07, 6.45) is 8.30. The van der Waals surface area contributed by atoms with Gasteiger partial charge in [-0.05, 0) is 124 Å². The van der Waals surface area contributed by atoms with Crippen molar-refractivity contribution in [2.75, 3.05) is 6.54 Å². The summed E-state index contributed by atoms with van der Waals surface area (Å²) in [6, 6.07) is 56.6. The molecular formula is C53H38N2. The first-order chi connectivity index (χ1) is 27.0. The summed E-state index contributed by atoms with van der Waals surface area (Å²) in [5.41, 5.74) is 14.6. The summed E-state index contributed by atoms with van der Waals surface area (Å²) < 4.78 is 0. The van der Waals surface area contributed by atoms with Crippen LogP contribution in [0.3, 0.4) is 0 Å². The first kappa shape index (κ1) is 31.7. The van der Waals surface area contributed by atoms with Crippen molar-refractivity contribution in [3.63, 3.8) is 0 Å². The lowest BCUT2D eigenvalue weighted by Gasteiger charge is -2.24. The number of nitrogens with one attached hydrogen (secondary N) is 1. The predicted octanol–water partition coefficient (Wildman–Crippen LogP) is 13.5. The van der Waals surface area contributed by atoms with Crippen LogP contribution in [0.4, 0.5) is 0 Å². The molecular weight excluding hydrogens is 665 g/mol. The van der Waals surface area contributed by atoms with Crippen LogP contribution in [0.1, 0.15) is 30.7 Å². The quantitative estimate of drug-likeness (QED) is 0.185. The first-order valence-electron chi connectivity index (χ1n) is 19.3. The molecule has 9 aromatic rings. The van der Waals surface area contributed by atoms with Crippen LogP contribution < -0.4 is 5.32 Å². The molecule has 0 amide bonds. The predicted molar refractivity (Wildman–Crippen MR) is 233 cm³/mol. The highest BCUT2D eigenvalue weighted by Gasteiger charge is 2.37. The molecule has 2 nitrogen and oxygen atoms in total. The number of hydrogen-bond donors (Lipinski definition) is 1. The van der Waals surface area contributed by atoms with Gasteiger partial charge in [0, 0.05) is 23.7 Å². The third kappa shape index (κ3) is 4.84. The van der Waals surface area contributed by atoms with Crippen LogP contribution in [-0.2, 0) is 5.41 Å². The van der Waals surface area contributed by atoms with Crippen LogP contribution >= 0.6 is 0 Å². The maximum absolute atomic E-state index is 4.87. The van der Waals surface area contributed by atoms with Gasteiger partial charge in [0.05, 0.1) is 11.4 Å².